The van der Waals surface area contributed by atoms with Crippen molar-refractivity contribution in [3.8, 4) is 0 Å². The van der Waals surface area contributed by atoms with Crippen molar-refractivity contribution < 1.29 is 9.59 Å². The van der Waals surface area contributed by atoms with Gasteiger partial charge in [-0.2, -0.15) is 0 Å². The Morgan fingerprint density at radius 3 is 2.50 bits per heavy atom. The summed E-state index contributed by atoms with van der Waals surface area (Å²) in [5, 5.41) is 2.80. The van der Waals surface area contributed by atoms with Crippen LogP contribution in [0.5, 0.6) is 0 Å². The van der Waals surface area contributed by atoms with Gasteiger partial charge < -0.3 is 15.1 Å². The number of aromatic nitrogens is 3. The minimum absolute atomic E-state index is 0.267. The molecule has 1 aliphatic heterocycles. The van der Waals surface area contributed by atoms with E-state index in [2.05, 4.69) is 20.3 Å². The van der Waals surface area contributed by atoms with Crippen LogP contribution in [0.15, 0.2) is 36.9 Å². The number of carbonyl (C=O) groups is 2. The summed E-state index contributed by atoms with van der Waals surface area (Å²) >= 11 is 0. The summed E-state index contributed by atoms with van der Waals surface area (Å²) in [6.45, 7) is 3.17. The number of hydrogen-bond donors (Lipinski definition) is 1. The predicted molar refractivity (Wildman–Crippen MR) is 87.3 cm³/mol. The lowest BCUT2D eigenvalue weighted by molar-refractivity contribution is -0.118. The summed E-state index contributed by atoms with van der Waals surface area (Å²) in [5.41, 5.74) is 1.25. The molecule has 1 saturated heterocycles. The molecule has 8 heteroatoms. The SMILES string of the molecule is O=CN1CCN(c2cnc(C(=O)NCc3ccncc3)cn2)CC1. The molecule has 0 aromatic carbocycles. The monoisotopic (exact) mass is 326 g/mol. The second-order valence-electron chi connectivity index (χ2n) is 5.43. The molecule has 1 aliphatic rings. The van der Waals surface area contributed by atoms with Crippen molar-refractivity contribution in [3.63, 3.8) is 0 Å². The van der Waals surface area contributed by atoms with Crippen LogP contribution in [0.1, 0.15) is 16.1 Å². The van der Waals surface area contributed by atoms with Crippen LogP contribution in [0.25, 0.3) is 0 Å². The zero-order valence-electron chi connectivity index (χ0n) is 13.1. The first-order chi connectivity index (χ1) is 11.8. The van der Waals surface area contributed by atoms with Gasteiger partial charge in [0.25, 0.3) is 5.91 Å². The first-order valence-electron chi connectivity index (χ1n) is 7.70. The predicted octanol–water partition coefficient (Wildman–Crippen LogP) is 0.0800. The van der Waals surface area contributed by atoms with Crippen molar-refractivity contribution in [2.45, 2.75) is 6.54 Å². The van der Waals surface area contributed by atoms with E-state index >= 15 is 0 Å². The number of pyridine rings is 1. The molecule has 0 bridgehead atoms. The average Bonchev–Trinajstić information content (AvgIpc) is 2.67. The fraction of sp³-hybridized carbons (Fsp3) is 0.312. The molecular weight excluding hydrogens is 308 g/mol. The van der Waals surface area contributed by atoms with Gasteiger partial charge in [0.15, 0.2) is 0 Å². The van der Waals surface area contributed by atoms with Crippen molar-refractivity contribution in [1.82, 2.24) is 25.2 Å². The van der Waals surface area contributed by atoms with Crippen LogP contribution in [0.2, 0.25) is 0 Å². The van der Waals surface area contributed by atoms with Crippen molar-refractivity contribution in [3.05, 3.63) is 48.2 Å². The highest BCUT2D eigenvalue weighted by Gasteiger charge is 2.17. The Morgan fingerprint density at radius 1 is 1.12 bits per heavy atom. The van der Waals surface area contributed by atoms with E-state index in [0.29, 0.717) is 38.5 Å². The van der Waals surface area contributed by atoms with Crippen molar-refractivity contribution in [2.24, 2.45) is 0 Å². The summed E-state index contributed by atoms with van der Waals surface area (Å²) in [4.78, 5) is 39.0. The van der Waals surface area contributed by atoms with Crippen LogP contribution >= 0.6 is 0 Å². The Labute approximate surface area is 139 Å². The fourth-order valence-electron chi connectivity index (χ4n) is 2.43. The molecule has 1 fully saturated rings. The molecule has 0 spiro atoms. The minimum Gasteiger partial charge on any atom is -0.352 e. The maximum absolute atomic E-state index is 12.1. The highest BCUT2D eigenvalue weighted by Crippen LogP contribution is 2.11. The van der Waals surface area contributed by atoms with Gasteiger partial charge in [0.05, 0.1) is 12.4 Å². The second-order valence-corrected chi connectivity index (χ2v) is 5.43. The number of hydrogen-bond acceptors (Lipinski definition) is 6. The molecule has 3 rings (SSSR count). The summed E-state index contributed by atoms with van der Waals surface area (Å²) in [6.07, 6.45) is 7.29. The van der Waals surface area contributed by atoms with Crippen LogP contribution in [0.4, 0.5) is 5.82 Å². The van der Waals surface area contributed by atoms with E-state index in [0.717, 1.165) is 12.0 Å². The van der Waals surface area contributed by atoms with Crippen LogP contribution in [0, 0.1) is 0 Å². The van der Waals surface area contributed by atoms with Crippen LogP contribution < -0.4 is 10.2 Å². The molecule has 0 atom stereocenters. The van der Waals surface area contributed by atoms with Gasteiger partial charge in [-0.25, -0.2) is 9.97 Å². The zero-order valence-corrected chi connectivity index (χ0v) is 13.1. The molecular formula is C16H18N6O2. The van der Waals surface area contributed by atoms with E-state index in [1.807, 2.05) is 17.0 Å². The van der Waals surface area contributed by atoms with E-state index in [1.54, 1.807) is 23.5 Å². The molecule has 0 aliphatic carbocycles. The van der Waals surface area contributed by atoms with E-state index in [1.165, 1.54) is 6.20 Å². The van der Waals surface area contributed by atoms with Gasteiger partial charge in [-0.1, -0.05) is 0 Å². The summed E-state index contributed by atoms with van der Waals surface area (Å²) < 4.78 is 0. The maximum atomic E-state index is 12.1. The molecule has 2 aromatic heterocycles. The Kier molecular flexibility index (Phi) is 4.95. The highest BCUT2D eigenvalue weighted by molar-refractivity contribution is 5.91. The molecule has 3 heterocycles. The minimum atomic E-state index is -0.267. The number of amides is 2. The standard InChI is InChI=1S/C16H18N6O2/c23-12-21-5-7-22(8-6-21)15-11-18-14(10-19-15)16(24)20-9-13-1-3-17-4-2-13/h1-4,10-12H,5-9H2,(H,20,24). The van der Waals surface area contributed by atoms with E-state index in [-0.39, 0.29) is 11.6 Å². The van der Waals surface area contributed by atoms with Crippen molar-refractivity contribution >= 4 is 18.1 Å². The number of anilines is 1. The zero-order chi connectivity index (χ0) is 16.8. The van der Waals surface area contributed by atoms with Gasteiger partial charge in [-0.05, 0) is 17.7 Å². The summed E-state index contributed by atoms with van der Waals surface area (Å²) in [6, 6.07) is 3.68. The fourth-order valence-corrected chi connectivity index (χ4v) is 2.43. The van der Waals surface area contributed by atoms with Gasteiger partial charge in [-0.15, -0.1) is 0 Å². The number of rotatable bonds is 5. The van der Waals surface area contributed by atoms with Gasteiger partial charge >= 0.3 is 0 Å². The molecule has 124 valence electrons. The normalized spacial score (nSPS) is 14.3. The first-order valence-corrected chi connectivity index (χ1v) is 7.70. The quantitative estimate of drug-likeness (QED) is 0.783. The summed E-state index contributed by atoms with van der Waals surface area (Å²) in [7, 11) is 0. The maximum Gasteiger partial charge on any atom is 0.271 e. The Hall–Kier alpha value is -3.03. The molecule has 0 saturated carbocycles. The van der Waals surface area contributed by atoms with Gasteiger partial charge in [0, 0.05) is 45.1 Å². The lowest BCUT2D eigenvalue weighted by Gasteiger charge is -2.33. The highest BCUT2D eigenvalue weighted by atomic mass is 16.2. The molecule has 24 heavy (non-hydrogen) atoms. The molecule has 2 aromatic rings. The third-order valence-corrected chi connectivity index (χ3v) is 3.86. The van der Waals surface area contributed by atoms with Crippen LogP contribution in [-0.2, 0) is 11.3 Å². The Morgan fingerprint density at radius 2 is 1.88 bits per heavy atom. The largest absolute Gasteiger partial charge is 0.352 e. The topological polar surface area (TPSA) is 91.3 Å². The third kappa shape index (κ3) is 3.83. The molecule has 0 unspecified atom stereocenters. The number of piperazine rings is 1. The first kappa shape index (κ1) is 15.9. The number of carbonyl (C=O) groups excluding carboxylic acids is 2. The van der Waals surface area contributed by atoms with Gasteiger partial charge in [-0.3, -0.25) is 14.6 Å². The van der Waals surface area contributed by atoms with Crippen LogP contribution in [0.3, 0.4) is 0 Å². The Bertz CT molecular complexity index is 683. The smallest absolute Gasteiger partial charge is 0.271 e. The van der Waals surface area contributed by atoms with Gasteiger partial charge in [0.2, 0.25) is 6.41 Å². The third-order valence-electron chi connectivity index (χ3n) is 3.86. The molecule has 2 amide bonds. The van der Waals surface area contributed by atoms with E-state index in [4.69, 9.17) is 0 Å². The summed E-state index contributed by atoms with van der Waals surface area (Å²) in [5.74, 6) is 0.447. The second kappa shape index (κ2) is 7.49. The number of nitrogens with one attached hydrogen (secondary N) is 1. The molecule has 1 N–H and O–H groups in total. The Balaban J connectivity index is 1.56. The lowest BCUT2D eigenvalue weighted by atomic mass is 10.2. The lowest BCUT2D eigenvalue weighted by Crippen LogP contribution is -2.46. The molecule has 8 nitrogen and oxygen atoms in total. The van der Waals surface area contributed by atoms with Crippen molar-refractivity contribution in [1.29, 1.82) is 0 Å². The van der Waals surface area contributed by atoms with Crippen molar-refractivity contribution in [2.75, 3.05) is 31.1 Å². The number of nitrogens with zero attached hydrogens (tertiary/aromatic N) is 5. The van der Waals surface area contributed by atoms with Gasteiger partial charge in [0.1, 0.15) is 11.5 Å². The van der Waals surface area contributed by atoms with E-state index in [9.17, 15) is 9.59 Å². The van der Waals surface area contributed by atoms with E-state index < -0.39 is 0 Å². The van der Waals surface area contributed by atoms with Crippen LogP contribution in [-0.4, -0.2) is 58.3 Å². The molecule has 0 radical (unpaired) electrons. The average molecular weight is 326 g/mol.